The Labute approximate surface area is 128 Å². The first-order chi connectivity index (χ1) is 10.0. The van der Waals surface area contributed by atoms with Gasteiger partial charge < -0.3 is 10.6 Å². The summed E-state index contributed by atoms with van der Waals surface area (Å²) in [7, 11) is 0. The van der Waals surface area contributed by atoms with Gasteiger partial charge in [0.1, 0.15) is 0 Å². The largest absolute Gasteiger partial charge is 0.338 e. The Balaban J connectivity index is 1.61. The highest BCUT2D eigenvalue weighted by Gasteiger charge is 2.59. The summed E-state index contributed by atoms with van der Waals surface area (Å²) in [6.07, 6.45) is 11.2. The lowest BCUT2D eigenvalue weighted by Gasteiger charge is -2.61. The van der Waals surface area contributed by atoms with E-state index in [1.54, 1.807) is 0 Å². The van der Waals surface area contributed by atoms with Crippen molar-refractivity contribution in [3.63, 3.8) is 0 Å². The number of nitrogens with zero attached hydrogens (tertiary/aromatic N) is 1. The fourth-order valence-electron chi connectivity index (χ4n) is 6.79. The number of likely N-dealkylation sites (tertiary alicyclic amines) is 1. The standard InChI is InChI=1S/C18H30N2O/c1-17-7-13-6-14(8-17)10-18(9-13,12-17)16(21)20-5-3-2-4-15(20)11-19/h13-15H,2-12,19H2,1H3. The third-order valence-electron chi connectivity index (χ3n) is 6.97. The summed E-state index contributed by atoms with van der Waals surface area (Å²) < 4.78 is 0. The molecule has 118 valence electrons. The highest BCUT2D eigenvalue weighted by molar-refractivity contribution is 5.84. The Morgan fingerprint density at radius 1 is 1.19 bits per heavy atom. The second kappa shape index (κ2) is 4.71. The van der Waals surface area contributed by atoms with E-state index in [0.717, 1.165) is 31.2 Å². The number of hydrogen-bond donors (Lipinski definition) is 1. The van der Waals surface area contributed by atoms with Crippen LogP contribution < -0.4 is 5.73 Å². The minimum atomic E-state index is -0.0103. The molecule has 5 rings (SSSR count). The van der Waals surface area contributed by atoms with E-state index in [1.165, 1.54) is 44.9 Å². The number of carbonyl (C=O) groups excluding carboxylic acids is 1. The average molecular weight is 290 g/mol. The molecule has 3 unspecified atom stereocenters. The van der Waals surface area contributed by atoms with E-state index in [4.69, 9.17) is 5.73 Å². The van der Waals surface area contributed by atoms with E-state index in [2.05, 4.69) is 11.8 Å². The Kier molecular flexibility index (Phi) is 3.15. The van der Waals surface area contributed by atoms with Gasteiger partial charge in [0.2, 0.25) is 5.91 Å². The van der Waals surface area contributed by atoms with E-state index < -0.39 is 0 Å². The van der Waals surface area contributed by atoms with Gasteiger partial charge in [0, 0.05) is 19.1 Å². The molecule has 1 amide bonds. The lowest BCUT2D eigenvalue weighted by molar-refractivity contribution is -0.169. The smallest absolute Gasteiger partial charge is 0.229 e. The van der Waals surface area contributed by atoms with Crippen LogP contribution in [0.2, 0.25) is 0 Å². The van der Waals surface area contributed by atoms with Crippen molar-refractivity contribution in [2.45, 2.75) is 70.8 Å². The van der Waals surface area contributed by atoms with Gasteiger partial charge in [-0.2, -0.15) is 0 Å². The fourth-order valence-corrected chi connectivity index (χ4v) is 6.79. The van der Waals surface area contributed by atoms with Gasteiger partial charge in [-0.3, -0.25) is 4.79 Å². The molecule has 0 aromatic heterocycles. The molecule has 0 aromatic rings. The summed E-state index contributed by atoms with van der Waals surface area (Å²) in [6.45, 7) is 4.05. The molecule has 5 aliphatic rings. The van der Waals surface area contributed by atoms with Crippen molar-refractivity contribution in [3.05, 3.63) is 0 Å². The molecule has 21 heavy (non-hydrogen) atoms. The van der Waals surface area contributed by atoms with Crippen LogP contribution in [0.3, 0.4) is 0 Å². The lowest BCUT2D eigenvalue weighted by atomic mass is 9.44. The van der Waals surface area contributed by atoms with Gasteiger partial charge >= 0.3 is 0 Å². The van der Waals surface area contributed by atoms with E-state index in [-0.39, 0.29) is 5.41 Å². The Morgan fingerprint density at radius 2 is 1.90 bits per heavy atom. The Morgan fingerprint density at radius 3 is 2.52 bits per heavy atom. The van der Waals surface area contributed by atoms with Crippen molar-refractivity contribution in [1.29, 1.82) is 0 Å². The second-order valence-electron chi connectivity index (χ2n) is 8.94. The summed E-state index contributed by atoms with van der Waals surface area (Å²) in [5.74, 6) is 2.13. The molecule has 3 atom stereocenters. The molecule has 3 nitrogen and oxygen atoms in total. The van der Waals surface area contributed by atoms with Crippen molar-refractivity contribution in [1.82, 2.24) is 4.90 Å². The van der Waals surface area contributed by atoms with Crippen molar-refractivity contribution >= 4 is 5.91 Å². The van der Waals surface area contributed by atoms with Gasteiger partial charge in [-0.05, 0) is 75.0 Å². The van der Waals surface area contributed by atoms with Crippen LogP contribution in [-0.4, -0.2) is 29.9 Å². The molecule has 5 fully saturated rings. The summed E-state index contributed by atoms with van der Waals surface area (Å²) in [6, 6.07) is 0.312. The fraction of sp³-hybridized carbons (Fsp3) is 0.944. The van der Waals surface area contributed by atoms with Gasteiger partial charge in [0.05, 0.1) is 5.41 Å². The van der Waals surface area contributed by atoms with Crippen molar-refractivity contribution in [2.24, 2.45) is 28.4 Å². The SMILES string of the molecule is CC12CC3CC(C1)CC(C(=O)N1CCCCC1CN)(C3)C2. The molecule has 4 bridgehead atoms. The highest BCUT2D eigenvalue weighted by Crippen LogP contribution is 2.65. The van der Waals surface area contributed by atoms with Gasteiger partial charge in [0.25, 0.3) is 0 Å². The first-order valence-corrected chi connectivity index (χ1v) is 9.05. The van der Waals surface area contributed by atoms with Crippen LogP contribution in [0.5, 0.6) is 0 Å². The monoisotopic (exact) mass is 290 g/mol. The maximum Gasteiger partial charge on any atom is 0.229 e. The van der Waals surface area contributed by atoms with E-state index in [9.17, 15) is 4.79 Å². The van der Waals surface area contributed by atoms with Gasteiger partial charge in [-0.1, -0.05) is 6.92 Å². The molecule has 1 heterocycles. The molecular formula is C18H30N2O. The van der Waals surface area contributed by atoms with Crippen LogP contribution in [0.1, 0.15) is 64.7 Å². The summed E-state index contributed by atoms with van der Waals surface area (Å²) >= 11 is 0. The molecule has 3 heteroatoms. The molecule has 4 saturated carbocycles. The number of carbonyl (C=O) groups is 1. The highest BCUT2D eigenvalue weighted by atomic mass is 16.2. The summed E-state index contributed by atoms with van der Waals surface area (Å²) in [5, 5.41) is 0. The van der Waals surface area contributed by atoms with Crippen LogP contribution in [0, 0.1) is 22.7 Å². The van der Waals surface area contributed by atoms with Gasteiger partial charge in [0.15, 0.2) is 0 Å². The van der Waals surface area contributed by atoms with Crippen LogP contribution in [0.25, 0.3) is 0 Å². The predicted octanol–water partition coefficient (Wildman–Crippen LogP) is 2.93. The van der Waals surface area contributed by atoms with Crippen molar-refractivity contribution in [3.8, 4) is 0 Å². The minimum absolute atomic E-state index is 0.0103. The van der Waals surface area contributed by atoms with E-state index >= 15 is 0 Å². The Hall–Kier alpha value is -0.570. The second-order valence-corrected chi connectivity index (χ2v) is 8.94. The van der Waals surface area contributed by atoms with Crippen molar-refractivity contribution in [2.75, 3.05) is 13.1 Å². The van der Waals surface area contributed by atoms with Crippen molar-refractivity contribution < 1.29 is 4.79 Å². The maximum atomic E-state index is 13.4. The third kappa shape index (κ3) is 2.15. The molecule has 2 N–H and O–H groups in total. The molecule has 4 aliphatic carbocycles. The maximum absolute atomic E-state index is 13.4. The zero-order chi connectivity index (χ0) is 14.7. The van der Waals surface area contributed by atoms with Crippen LogP contribution in [0.15, 0.2) is 0 Å². The minimum Gasteiger partial charge on any atom is -0.338 e. The number of rotatable bonds is 2. The number of hydrogen-bond acceptors (Lipinski definition) is 2. The van der Waals surface area contributed by atoms with E-state index in [1.807, 2.05) is 0 Å². The topological polar surface area (TPSA) is 46.3 Å². The zero-order valence-electron chi connectivity index (χ0n) is 13.4. The first kappa shape index (κ1) is 14.0. The van der Waals surface area contributed by atoms with Gasteiger partial charge in [-0.25, -0.2) is 0 Å². The predicted molar refractivity (Wildman–Crippen MR) is 83.6 cm³/mol. The molecule has 0 spiro atoms. The molecular weight excluding hydrogens is 260 g/mol. The summed E-state index contributed by atoms with van der Waals surface area (Å²) in [4.78, 5) is 15.6. The summed E-state index contributed by atoms with van der Waals surface area (Å²) in [5.41, 5.74) is 6.40. The lowest BCUT2D eigenvalue weighted by Crippen LogP contribution is -2.60. The number of nitrogens with two attached hydrogens (primary N) is 1. The third-order valence-corrected chi connectivity index (χ3v) is 6.97. The zero-order valence-corrected chi connectivity index (χ0v) is 13.4. The van der Waals surface area contributed by atoms with E-state index in [0.29, 0.717) is 23.9 Å². The molecule has 1 saturated heterocycles. The molecule has 0 aromatic carbocycles. The van der Waals surface area contributed by atoms with Crippen LogP contribution in [0.4, 0.5) is 0 Å². The Bertz CT molecular complexity index is 432. The normalized spacial score (nSPS) is 48.7. The number of amides is 1. The number of piperidine rings is 1. The van der Waals surface area contributed by atoms with Crippen LogP contribution >= 0.6 is 0 Å². The quantitative estimate of drug-likeness (QED) is 0.850. The van der Waals surface area contributed by atoms with Gasteiger partial charge in [-0.15, -0.1) is 0 Å². The first-order valence-electron chi connectivity index (χ1n) is 9.05. The average Bonchev–Trinajstić information content (AvgIpc) is 2.44. The molecule has 0 radical (unpaired) electrons. The molecule has 1 aliphatic heterocycles. The van der Waals surface area contributed by atoms with Crippen LogP contribution in [-0.2, 0) is 4.79 Å².